The third-order valence-corrected chi connectivity index (χ3v) is 3.92. The van der Waals surface area contributed by atoms with Crippen molar-refractivity contribution in [2.24, 2.45) is 0 Å². The van der Waals surface area contributed by atoms with Crippen LogP contribution in [0.15, 0.2) is 0 Å². The van der Waals surface area contributed by atoms with Gasteiger partial charge in [0.2, 0.25) is 0 Å². The molecule has 1 heterocycles. The molecule has 1 aliphatic heterocycles. The van der Waals surface area contributed by atoms with Gasteiger partial charge in [0, 0.05) is 18.1 Å². The molecule has 0 spiro atoms. The van der Waals surface area contributed by atoms with Crippen LogP contribution < -0.4 is 5.32 Å². The minimum absolute atomic E-state index is 0.168. The molecule has 0 radical (unpaired) electrons. The monoisotopic (exact) mass is 261 g/mol. The summed E-state index contributed by atoms with van der Waals surface area (Å²) in [7, 11) is 1.44. The van der Waals surface area contributed by atoms with Crippen LogP contribution in [0, 0.1) is 0 Å². The normalized spacial score (nSPS) is 21.4. The van der Waals surface area contributed by atoms with E-state index in [9.17, 15) is 4.79 Å². The van der Waals surface area contributed by atoms with Crippen LogP contribution >= 0.6 is 11.8 Å². The first-order valence-corrected chi connectivity index (χ1v) is 7.44. The smallest absolute Gasteiger partial charge is 0.323 e. The fourth-order valence-corrected chi connectivity index (χ4v) is 2.92. The fraction of sp³-hybridized carbons (Fsp3) is 0.917. The van der Waals surface area contributed by atoms with E-state index in [0.717, 1.165) is 37.5 Å². The highest BCUT2D eigenvalue weighted by atomic mass is 32.2. The molecule has 2 unspecified atom stereocenters. The van der Waals surface area contributed by atoms with Crippen LogP contribution in [0.2, 0.25) is 0 Å². The molecule has 0 aromatic heterocycles. The van der Waals surface area contributed by atoms with Gasteiger partial charge in [0.1, 0.15) is 6.04 Å². The summed E-state index contributed by atoms with van der Waals surface area (Å²) >= 11 is 1.76. The summed E-state index contributed by atoms with van der Waals surface area (Å²) in [5.74, 6) is 1.56. The maximum Gasteiger partial charge on any atom is 0.323 e. The second-order valence-corrected chi connectivity index (χ2v) is 5.28. The van der Waals surface area contributed by atoms with Crippen molar-refractivity contribution in [3.63, 3.8) is 0 Å². The molecular weight excluding hydrogens is 238 g/mol. The first kappa shape index (κ1) is 14.8. The van der Waals surface area contributed by atoms with E-state index in [1.165, 1.54) is 13.5 Å². The summed E-state index contributed by atoms with van der Waals surface area (Å²) in [4.78, 5) is 11.5. The molecule has 0 bridgehead atoms. The standard InChI is InChI=1S/C12H23NO3S/c1-3-6-13-11(12(14)15-2)9-17-8-10-5-4-7-16-10/h10-11,13H,3-9H2,1-2H3. The molecule has 1 fully saturated rings. The lowest BCUT2D eigenvalue weighted by atomic mass is 10.3. The van der Waals surface area contributed by atoms with Gasteiger partial charge < -0.3 is 14.8 Å². The molecule has 0 aliphatic carbocycles. The number of ether oxygens (including phenoxy) is 2. The first-order chi connectivity index (χ1) is 8.27. The van der Waals surface area contributed by atoms with Gasteiger partial charge in [-0.1, -0.05) is 6.92 Å². The van der Waals surface area contributed by atoms with Crippen molar-refractivity contribution < 1.29 is 14.3 Å². The number of hydrogen-bond donors (Lipinski definition) is 1. The Balaban J connectivity index is 2.19. The minimum atomic E-state index is -0.189. The zero-order chi connectivity index (χ0) is 12.5. The number of thioether (sulfide) groups is 1. The van der Waals surface area contributed by atoms with E-state index >= 15 is 0 Å². The van der Waals surface area contributed by atoms with E-state index in [-0.39, 0.29) is 12.0 Å². The number of carbonyl (C=O) groups excluding carboxylic acids is 1. The van der Waals surface area contributed by atoms with Gasteiger partial charge in [-0.2, -0.15) is 11.8 Å². The summed E-state index contributed by atoms with van der Waals surface area (Å²) in [6, 6.07) is -0.189. The highest BCUT2D eigenvalue weighted by Crippen LogP contribution is 2.17. The van der Waals surface area contributed by atoms with E-state index in [0.29, 0.717) is 6.10 Å². The van der Waals surface area contributed by atoms with Gasteiger partial charge >= 0.3 is 5.97 Å². The van der Waals surface area contributed by atoms with Gasteiger partial charge in [-0.25, -0.2) is 0 Å². The largest absolute Gasteiger partial charge is 0.468 e. The molecule has 0 aromatic rings. The van der Waals surface area contributed by atoms with Crippen LogP contribution in [0.25, 0.3) is 0 Å². The molecule has 1 saturated heterocycles. The molecule has 1 N–H and O–H groups in total. The summed E-state index contributed by atoms with van der Waals surface area (Å²) in [6.45, 7) is 3.82. The van der Waals surface area contributed by atoms with E-state index in [2.05, 4.69) is 12.2 Å². The van der Waals surface area contributed by atoms with Crippen molar-refractivity contribution in [1.29, 1.82) is 0 Å². The number of hydrogen-bond acceptors (Lipinski definition) is 5. The Hall–Kier alpha value is -0.260. The maximum absolute atomic E-state index is 11.5. The molecule has 5 heteroatoms. The van der Waals surface area contributed by atoms with Crippen LogP contribution in [0.4, 0.5) is 0 Å². The van der Waals surface area contributed by atoms with Gasteiger partial charge in [0.25, 0.3) is 0 Å². The summed E-state index contributed by atoms with van der Waals surface area (Å²) in [5, 5.41) is 3.21. The molecule has 0 aromatic carbocycles. The topological polar surface area (TPSA) is 47.6 Å². The highest BCUT2D eigenvalue weighted by molar-refractivity contribution is 7.99. The van der Waals surface area contributed by atoms with E-state index in [1.54, 1.807) is 11.8 Å². The van der Waals surface area contributed by atoms with Crippen LogP contribution in [0.3, 0.4) is 0 Å². The van der Waals surface area contributed by atoms with Crippen LogP contribution in [-0.2, 0) is 14.3 Å². The Morgan fingerprint density at radius 1 is 1.65 bits per heavy atom. The predicted octanol–water partition coefficient (Wildman–Crippen LogP) is 1.44. The van der Waals surface area contributed by atoms with Crippen molar-refractivity contribution in [2.75, 3.05) is 31.8 Å². The van der Waals surface area contributed by atoms with Gasteiger partial charge in [-0.3, -0.25) is 4.79 Å². The number of rotatable bonds is 8. The Morgan fingerprint density at radius 2 is 2.47 bits per heavy atom. The fourth-order valence-electron chi connectivity index (χ4n) is 1.76. The molecule has 0 amide bonds. The first-order valence-electron chi connectivity index (χ1n) is 6.28. The van der Waals surface area contributed by atoms with Crippen LogP contribution in [-0.4, -0.2) is 49.9 Å². The number of methoxy groups -OCH3 is 1. The molecule has 1 aliphatic rings. The second kappa shape index (κ2) is 8.78. The number of nitrogens with one attached hydrogen (secondary N) is 1. The molecular formula is C12H23NO3S. The van der Waals surface area contributed by atoms with Crippen LogP contribution in [0.1, 0.15) is 26.2 Å². The minimum Gasteiger partial charge on any atom is -0.468 e. The zero-order valence-electron chi connectivity index (χ0n) is 10.7. The lowest BCUT2D eigenvalue weighted by molar-refractivity contribution is -0.142. The molecule has 4 nitrogen and oxygen atoms in total. The molecule has 2 atom stereocenters. The third kappa shape index (κ3) is 5.75. The van der Waals surface area contributed by atoms with E-state index < -0.39 is 0 Å². The summed E-state index contributed by atoms with van der Waals surface area (Å²) < 4.78 is 10.3. The van der Waals surface area contributed by atoms with Gasteiger partial charge in [0.15, 0.2) is 0 Å². The Kier molecular flexibility index (Phi) is 7.64. The molecule has 17 heavy (non-hydrogen) atoms. The lowest BCUT2D eigenvalue weighted by Crippen LogP contribution is -2.40. The van der Waals surface area contributed by atoms with Crippen molar-refractivity contribution >= 4 is 17.7 Å². The van der Waals surface area contributed by atoms with Crippen molar-refractivity contribution in [3.05, 3.63) is 0 Å². The molecule has 0 saturated carbocycles. The predicted molar refractivity (Wildman–Crippen MR) is 70.4 cm³/mol. The maximum atomic E-state index is 11.5. The second-order valence-electron chi connectivity index (χ2n) is 4.20. The van der Waals surface area contributed by atoms with Gasteiger partial charge in [-0.15, -0.1) is 0 Å². The van der Waals surface area contributed by atoms with E-state index in [4.69, 9.17) is 9.47 Å². The Morgan fingerprint density at radius 3 is 3.06 bits per heavy atom. The number of esters is 1. The van der Waals surface area contributed by atoms with Crippen LogP contribution in [0.5, 0.6) is 0 Å². The Labute approximate surface area is 108 Å². The zero-order valence-corrected chi connectivity index (χ0v) is 11.6. The van der Waals surface area contributed by atoms with Crippen molar-refractivity contribution in [1.82, 2.24) is 5.32 Å². The van der Waals surface area contributed by atoms with Crippen molar-refractivity contribution in [2.45, 2.75) is 38.3 Å². The Bertz CT molecular complexity index is 220. The lowest BCUT2D eigenvalue weighted by Gasteiger charge is -2.16. The third-order valence-electron chi connectivity index (χ3n) is 2.74. The number of carbonyl (C=O) groups is 1. The van der Waals surface area contributed by atoms with Gasteiger partial charge in [-0.05, 0) is 25.8 Å². The average molecular weight is 261 g/mol. The summed E-state index contributed by atoms with van der Waals surface area (Å²) in [5.41, 5.74) is 0. The molecule has 100 valence electrons. The summed E-state index contributed by atoms with van der Waals surface area (Å²) in [6.07, 6.45) is 3.71. The quantitative estimate of drug-likeness (QED) is 0.670. The average Bonchev–Trinajstić information content (AvgIpc) is 2.85. The highest BCUT2D eigenvalue weighted by Gasteiger charge is 2.20. The molecule has 1 rings (SSSR count). The SMILES string of the molecule is CCCNC(CSCC1CCCO1)C(=O)OC. The van der Waals surface area contributed by atoms with Crippen molar-refractivity contribution in [3.8, 4) is 0 Å². The van der Waals surface area contributed by atoms with E-state index in [1.807, 2.05) is 0 Å². The van der Waals surface area contributed by atoms with Gasteiger partial charge in [0.05, 0.1) is 13.2 Å².